The predicted molar refractivity (Wildman–Crippen MR) is 73.3 cm³/mol. The first-order valence-corrected chi connectivity index (χ1v) is 6.94. The van der Waals surface area contributed by atoms with Crippen molar-refractivity contribution in [1.29, 1.82) is 0 Å². The van der Waals surface area contributed by atoms with Gasteiger partial charge in [-0.15, -0.1) is 0 Å². The Bertz CT molecular complexity index is 306. The summed E-state index contributed by atoms with van der Waals surface area (Å²) in [6, 6.07) is 2.74. The molecule has 1 heterocycles. The molecule has 0 spiro atoms. The van der Waals surface area contributed by atoms with Crippen LogP contribution in [0.3, 0.4) is 0 Å². The zero-order valence-corrected chi connectivity index (χ0v) is 11.7. The van der Waals surface area contributed by atoms with E-state index in [1.807, 2.05) is 6.20 Å². The van der Waals surface area contributed by atoms with Gasteiger partial charge in [0.25, 0.3) is 0 Å². The maximum atomic E-state index is 4.39. The number of nitrogens with zero attached hydrogens (tertiary/aromatic N) is 2. The van der Waals surface area contributed by atoms with Crippen LogP contribution < -0.4 is 5.32 Å². The number of nitrogens with one attached hydrogen (secondary N) is 1. The van der Waals surface area contributed by atoms with Crippen LogP contribution in [0.1, 0.15) is 58.6 Å². The van der Waals surface area contributed by atoms with Gasteiger partial charge in [0.2, 0.25) is 0 Å². The van der Waals surface area contributed by atoms with E-state index in [2.05, 4.69) is 48.9 Å². The summed E-state index contributed by atoms with van der Waals surface area (Å²) < 4.78 is 2.15. The minimum atomic E-state index is 0.573. The summed E-state index contributed by atoms with van der Waals surface area (Å²) in [5, 5.41) is 7.94. The molecule has 0 aromatic carbocycles. The van der Waals surface area contributed by atoms with Gasteiger partial charge in [0.15, 0.2) is 0 Å². The van der Waals surface area contributed by atoms with Crippen LogP contribution in [0.4, 0.5) is 0 Å². The van der Waals surface area contributed by atoms with Crippen molar-refractivity contribution in [1.82, 2.24) is 15.1 Å². The first kappa shape index (κ1) is 14.2. The summed E-state index contributed by atoms with van der Waals surface area (Å²) in [5.74, 6) is 0.573. The van der Waals surface area contributed by atoms with Crippen LogP contribution >= 0.6 is 0 Å². The molecule has 98 valence electrons. The highest BCUT2D eigenvalue weighted by atomic mass is 15.3. The van der Waals surface area contributed by atoms with Crippen molar-refractivity contribution in [2.45, 2.75) is 65.5 Å². The first-order chi connectivity index (χ1) is 8.19. The Labute approximate surface area is 106 Å². The molecule has 3 nitrogen and oxygen atoms in total. The summed E-state index contributed by atoms with van der Waals surface area (Å²) >= 11 is 0. The second kappa shape index (κ2) is 7.49. The van der Waals surface area contributed by atoms with Gasteiger partial charge in [0.05, 0.1) is 0 Å². The zero-order chi connectivity index (χ0) is 12.7. The van der Waals surface area contributed by atoms with E-state index in [4.69, 9.17) is 0 Å². The molecule has 1 rings (SSSR count). The van der Waals surface area contributed by atoms with E-state index in [0.29, 0.717) is 12.0 Å². The average Bonchev–Trinajstić information content (AvgIpc) is 2.75. The molecule has 1 aromatic rings. The maximum absolute atomic E-state index is 4.39. The van der Waals surface area contributed by atoms with E-state index < -0.39 is 0 Å². The van der Waals surface area contributed by atoms with Gasteiger partial charge in [-0.1, -0.05) is 20.8 Å². The molecule has 0 aliphatic heterocycles. The smallest absolute Gasteiger partial charge is 0.0492 e. The molecule has 0 saturated heterocycles. The van der Waals surface area contributed by atoms with Gasteiger partial charge in [-0.25, -0.2) is 0 Å². The van der Waals surface area contributed by atoms with E-state index in [1.165, 1.54) is 18.5 Å². The van der Waals surface area contributed by atoms with Crippen molar-refractivity contribution in [3.63, 3.8) is 0 Å². The molecule has 1 N–H and O–H groups in total. The molecule has 0 amide bonds. The minimum Gasteiger partial charge on any atom is -0.314 e. The Morgan fingerprint density at radius 3 is 2.71 bits per heavy atom. The fourth-order valence-corrected chi connectivity index (χ4v) is 2.29. The summed E-state index contributed by atoms with van der Waals surface area (Å²) in [6.07, 6.45) is 5.44. The lowest BCUT2D eigenvalue weighted by Gasteiger charge is -2.19. The van der Waals surface area contributed by atoms with Gasteiger partial charge in [0, 0.05) is 24.5 Å². The van der Waals surface area contributed by atoms with Crippen molar-refractivity contribution >= 4 is 0 Å². The third-order valence-electron chi connectivity index (χ3n) is 3.14. The Kier molecular flexibility index (Phi) is 6.27. The van der Waals surface area contributed by atoms with Gasteiger partial charge in [-0.05, 0) is 44.7 Å². The lowest BCUT2D eigenvalue weighted by molar-refractivity contribution is 0.455. The fraction of sp³-hybridized carbons (Fsp3) is 0.786. The molecule has 3 heteroatoms. The highest BCUT2D eigenvalue weighted by Crippen LogP contribution is 2.20. The Balaban J connectivity index is 2.50. The monoisotopic (exact) mass is 237 g/mol. The van der Waals surface area contributed by atoms with E-state index >= 15 is 0 Å². The van der Waals surface area contributed by atoms with Gasteiger partial charge >= 0.3 is 0 Å². The first-order valence-electron chi connectivity index (χ1n) is 6.94. The lowest BCUT2D eigenvalue weighted by Crippen LogP contribution is -2.28. The quantitative estimate of drug-likeness (QED) is 0.752. The second-order valence-corrected chi connectivity index (χ2v) is 4.97. The Hall–Kier alpha value is -0.830. The van der Waals surface area contributed by atoms with E-state index in [-0.39, 0.29) is 0 Å². The molecule has 2 atom stereocenters. The van der Waals surface area contributed by atoms with Gasteiger partial charge in [-0.3, -0.25) is 4.68 Å². The number of hydrogen-bond donors (Lipinski definition) is 1. The molecule has 0 aliphatic carbocycles. The topological polar surface area (TPSA) is 29.9 Å². The SMILES string of the molecule is CCCNC(C)CC(C)c1ccnn1CCC. The van der Waals surface area contributed by atoms with E-state index in [9.17, 15) is 0 Å². The predicted octanol–water partition coefficient (Wildman–Crippen LogP) is 3.17. The Morgan fingerprint density at radius 1 is 1.29 bits per heavy atom. The molecule has 2 unspecified atom stereocenters. The van der Waals surface area contributed by atoms with Crippen LogP contribution in [0.5, 0.6) is 0 Å². The number of hydrogen-bond acceptors (Lipinski definition) is 2. The van der Waals surface area contributed by atoms with Crippen molar-refractivity contribution in [2.75, 3.05) is 6.54 Å². The summed E-state index contributed by atoms with van der Waals surface area (Å²) in [5.41, 5.74) is 1.37. The van der Waals surface area contributed by atoms with E-state index in [0.717, 1.165) is 19.5 Å². The fourth-order valence-electron chi connectivity index (χ4n) is 2.29. The largest absolute Gasteiger partial charge is 0.314 e. The van der Waals surface area contributed by atoms with Crippen molar-refractivity contribution in [3.05, 3.63) is 18.0 Å². The molecule has 1 aromatic heterocycles. The molecule has 0 bridgehead atoms. The van der Waals surface area contributed by atoms with Crippen LogP contribution in [0, 0.1) is 0 Å². The van der Waals surface area contributed by atoms with Crippen LogP contribution in [0.15, 0.2) is 12.3 Å². The van der Waals surface area contributed by atoms with Crippen molar-refractivity contribution in [2.24, 2.45) is 0 Å². The van der Waals surface area contributed by atoms with Gasteiger partial charge in [-0.2, -0.15) is 5.10 Å². The van der Waals surface area contributed by atoms with E-state index in [1.54, 1.807) is 0 Å². The third kappa shape index (κ3) is 4.50. The molecular weight excluding hydrogens is 210 g/mol. The normalized spacial score (nSPS) is 14.8. The van der Waals surface area contributed by atoms with Crippen molar-refractivity contribution in [3.8, 4) is 0 Å². The highest BCUT2D eigenvalue weighted by Gasteiger charge is 2.13. The zero-order valence-electron chi connectivity index (χ0n) is 11.7. The Morgan fingerprint density at radius 2 is 2.06 bits per heavy atom. The molecule has 17 heavy (non-hydrogen) atoms. The highest BCUT2D eigenvalue weighted by molar-refractivity contribution is 5.07. The summed E-state index contributed by atoms with van der Waals surface area (Å²) in [6.45, 7) is 11.1. The molecular formula is C14H27N3. The summed E-state index contributed by atoms with van der Waals surface area (Å²) in [4.78, 5) is 0. The molecule has 0 radical (unpaired) electrons. The molecule has 0 saturated carbocycles. The average molecular weight is 237 g/mol. The van der Waals surface area contributed by atoms with Crippen LogP contribution in [0.2, 0.25) is 0 Å². The summed E-state index contributed by atoms with van der Waals surface area (Å²) in [7, 11) is 0. The third-order valence-corrected chi connectivity index (χ3v) is 3.14. The molecule has 0 aliphatic rings. The molecule has 0 fully saturated rings. The maximum Gasteiger partial charge on any atom is 0.0492 e. The van der Waals surface area contributed by atoms with Crippen LogP contribution in [-0.2, 0) is 6.54 Å². The van der Waals surface area contributed by atoms with Crippen LogP contribution in [-0.4, -0.2) is 22.4 Å². The number of aromatic nitrogens is 2. The number of aryl methyl sites for hydroxylation is 1. The van der Waals surface area contributed by atoms with Crippen molar-refractivity contribution < 1.29 is 0 Å². The van der Waals surface area contributed by atoms with Crippen LogP contribution in [0.25, 0.3) is 0 Å². The van der Waals surface area contributed by atoms with Gasteiger partial charge < -0.3 is 5.32 Å². The second-order valence-electron chi connectivity index (χ2n) is 4.97. The lowest BCUT2D eigenvalue weighted by atomic mass is 9.99. The minimum absolute atomic E-state index is 0.573. The standard InChI is InChI=1S/C14H27N3/c1-5-8-15-13(4)11-12(3)14-7-9-16-17(14)10-6-2/h7,9,12-13,15H,5-6,8,10-11H2,1-4H3. The number of rotatable bonds is 8. The van der Waals surface area contributed by atoms with Gasteiger partial charge in [0.1, 0.15) is 0 Å².